The first-order valence-corrected chi connectivity index (χ1v) is 8.94. The van der Waals surface area contributed by atoms with Crippen molar-refractivity contribution in [2.24, 2.45) is 11.3 Å². The largest absolute Gasteiger partial charge is 0.314 e. The molecule has 0 aliphatic carbocycles. The smallest absolute Gasteiger partial charge is 0.0314 e. The Bertz CT molecular complexity index is 367. The summed E-state index contributed by atoms with van der Waals surface area (Å²) < 4.78 is 1.27. The lowest BCUT2D eigenvalue weighted by Crippen LogP contribution is -2.33. The molecule has 0 saturated heterocycles. The highest BCUT2D eigenvalue weighted by molar-refractivity contribution is 9.10. The Morgan fingerprint density at radius 2 is 2.05 bits per heavy atom. The van der Waals surface area contributed by atoms with Crippen LogP contribution in [0.3, 0.4) is 0 Å². The molecule has 0 aliphatic rings. The average Bonchev–Trinajstić information content (AvgIpc) is 2.61. The van der Waals surface area contributed by atoms with Gasteiger partial charge in [0.15, 0.2) is 0 Å². The molecule has 2 atom stereocenters. The maximum absolute atomic E-state index is 3.65. The molecule has 19 heavy (non-hydrogen) atoms. The fraction of sp³-hybridized carbons (Fsp3) is 0.750. The quantitative estimate of drug-likeness (QED) is 0.688. The highest BCUT2D eigenvalue weighted by atomic mass is 79.9. The van der Waals surface area contributed by atoms with Gasteiger partial charge in [-0.3, -0.25) is 0 Å². The Morgan fingerprint density at radius 3 is 2.53 bits per heavy atom. The Hall–Kier alpha value is 0.140. The van der Waals surface area contributed by atoms with Gasteiger partial charge in [0.25, 0.3) is 0 Å². The van der Waals surface area contributed by atoms with E-state index < -0.39 is 0 Å². The predicted octanol–water partition coefficient (Wildman–Crippen LogP) is 5.49. The number of hydrogen-bond acceptors (Lipinski definition) is 2. The molecule has 1 heterocycles. The van der Waals surface area contributed by atoms with Crippen LogP contribution in [0.15, 0.2) is 15.9 Å². The summed E-state index contributed by atoms with van der Waals surface area (Å²) in [6.07, 6.45) is 3.69. The fourth-order valence-corrected chi connectivity index (χ4v) is 4.43. The maximum atomic E-state index is 3.65. The monoisotopic (exact) mass is 345 g/mol. The van der Waals surface area contributed by atoms with Crippen LogP contribution in [0.2, 0.25) is 0 Å². The van der Waals surface area contributed by atoms with E-state index in [1.165, 1.54) is 22.2 Å². The SMILES string of the molecule is CCNC(Cc1sccc1Br)CC(C)CC(C)(C)C. The first-order chi connectivity index (χ1) is 8.81. The summed E-state index contributed by atoms with van der Waals surface area (Å²) in [5.74, 6) is 0.766. The van der Waals surface area contributed by atoms with Gasteiger partial charge in [0.2, 0.25) is 0 Å². The van der Waals surface area contributed by atoms with Crippen LogP contribution in [0.1, 0.15) is 52.3 Å². The Balaban J connectivity index is 2.55. The molecule has 0 saturated carbocycles. The number of likely N-dealkylation sites (N-methyl/N-ethyl adjacent to an activating group) is 1. The molecule has 1 aromatic rings. The van der Waals surface area contributed by atoms with Crippen LogP contribution in [-0.4, -0.2) is 12.6 Å². The zero-order chi connectivity index (χ0) is 14.5. The third-order valence-corrected chi connectivity index (χ3v) is 5.21. The first-order valence-electron chi connectivity index (χ1n) is 7.27. The molecule has 0 spiro atoms. The van der Waals surface area contributed by atoms with E-state index in [2.05, 4.69) is 67.3 Å². The highest BCUT2D eigenvalue weighted by Gasteiger charge is 2.19. The summed E-state index contributed by atoms with van der Waals surface area (Å²) in [5, 5.41) is 5.82. The second kappa shape index (κ2) is 7.80. The summed E-state index contributed by atoms with van der Waals surface area (Å²) in [7, 11) is 0. The van der Waals surface area contributed by atoms with Gasteiger partial charge in [0.05, 0.1) is 0 Å². The molecule has 1 rings (SSSR count). The van der Waals surface area contributed by atoms with Crippen LogP contribution in [0.4, 0.5) is 0 Å². The van der Waals surface area contributed by atoms with E-state index in [1.54, 1.807) is 0 Å². The molecule has 1 aromatic heterocycles. The van der Waals surface area contributed by atoms with Gasteiger partial charge in [-0.2, -0.15) is 0 Å². The van der Waals surface area contributed by atoms with Crippen molar-refractivity contribution in [3.05, 3.63) is 20.8 Å². The molecule has 0 fully saturated rings. The molecular weight excluding hydrogens is 318 g/mol. The summed E-state index contributed by atoms with van der Waals surface area (Å²) in [6, 6.07) is 2.75. The van der Waals surface area contributed by atoms with E-state index >= 15 is 0 Å². The fourth-order valence-electron chi connectivity index (χ4n) is 2.84. The van der Waals surface area contributed by atoms with Crippen LogP contribution >= 0.6 is 27.3 Å². The van der Waals surface area contributed by atoms with Crippen molar-refractivity contribution in [2.75, 3.05) is 6.54 Å². The van der Waals surface area contributed by atoms with Crippen LogP contribution in [0, 0.1) is 11.3 Å². The lowest BCUT2D eigenvalue weighted by Gasteiger charge is -2.27. The van der Waals surface area contributed by atoms with E-state index in [4.69, 9.17) is 0 Å². The number of nitrogens with one attached hydrogen (secondary N) is 1. The molecule has 0 aliphatic heterocycles. The maximum Gasteiger partial charge on any atom is 0.0314 e. The normalized spacial score (nSPS) is 15.5. The van der Waals surface area contributed by atoms with Gasteiger partial charge in [0.1, 0.15) is 0 Å². The van der Waals surface area contributed by atoms with Crippen molar-refractivity contribution in [1.82, 2.24) is 5.32 Å². The van der Waals surface area contributed by atoms with Crippen molar-refractivity contribution in [1.29, 1.82) is 0 Å². The van der Waals surface area contributed by atoms with Gasteiger partial charge in [-0.05, 0) is 64.5 Å². The molecule has 2 unspecified atom stereocenters. The number of hydrogen-bond donors (Lipinski definition) is 1. The molecule has 3 heteroatoms. The van der Waals surface area contributed by atoms with Gasteiger partial charge >= 0.3 is 0 Å². The van der Waals surface area contributed by atoms with Crippen LogP contribution in [0.25, 0.3) is 0 Å². The lowest BCUT2D eigenvalue weighted by atomic mass is 9.82. The van der Waals surface area contributed by atoms with Crippen molar-refractivity contribution >= 4 is 27.3 Å². The summed E-state index contributed by atoms with van der Waals surface area (Å²) >= 11 is 5.50. The van der Waals surface area contributed by atoms with Gasteiger partial charge in [-0.1, -0.05) is 34.6 Å². The van der Waals surface area contributed by atoms with Crippen LogP contribution < -0.4 is 5.32 Å². The van der Waals surface area contributed by atoms with Crippen molar-refractivity contribution in [3.63, 3.8) is 0 Å². The molecule has 0 amide bonds. The topological polar surface area (TPSA) is 12.0 Å². The molecule has 110 valence electrons. The van der Waals surface area contributed by atoms with Crippen molar-refractivity contribution in [3.8, 4) is 0 Å². The molecule has 1 nitrogen and oxygen atoms in total. The summed E-state index contributed by atoms with van der Waals surface area (Å²) in [5.41, 5.74) is 0.430. The summed E-state index contributed by atoms with van der Waals surface area (Å²) in [4.78, 5) is 1.47. The minimum atomic E-state index is 0.430. The molecule has 0 radical (unpaired) electrons. The molecule has 1 N–H and O–H groups in total. The minimum absolute atomic E-state index is 0.430. The minimum Gasteiger partial charge on any atom is -0.314 e. The molecule has 0 aromatic carbocycles. The third-order valence-electron chi connectivity index (χ3n) is 3.26. The predicted molar refractivity (Wildman–Crippen MR) is 91.0 cm³/mol. The number of rotatable bonds is 7. The Kier molecular flexibility index (Phi) is 7.06. The Labute approximate surface area is 131 Å². The van der Waals surface area contributed by atoms with Crippen molar-refractivity contribution in [2.45, 2.75) is 59.9 Å². The second-order valence-corrected chi connectivity index (χ2v) is 8.61. The van der Waals surface area contributed by atoms with E-state index in [0.29, 0.717) is 11.5 Å². The zero-order valence-corrected chi connectivity index (χ0v) is 15.3. The van der Waals surface area contributed by atoms with Gasteiger partial charge in [0, 0.05) is 15.4 Å². The van der Waals surface area contributed by atoms with Crippen molar-refractivity contribution < 1.29 is 0 Å². The van der Waals surface area contributed by atoms with E-state index in [-0.39, 0.29) is 0 Å². The van der Waals surface area contributed by atoms with Crippen LogP contribution in [0.5, 0.6) is 0 Å². The van der Waals surface area contributed by atoms with E-state index in [0.717, 1.165) is 18.9 Å². The van der Waals surface area contributed by atoms with E-state index in [1.807, 2.05) is 11.3 Å². The van der Waals surface area contributed by atoms with Gasteiger partial charge < -0.3 is 5.32 Å². The zero-order valence-electron chi connectivity index (χ0n) is 12.9. The van der Waals surface area contributed by atoms with Crippen LogP contribution in [-0.2, 0) is 6.42 Å². The van der Waals surface area contributed by atoms with Gasteiger partial charge in [-0.25, -0.2) is 0 Å². The van der Waals surface area contributed by atoms with Gasteiger partial charge in [-0.15, -0.1) is 11.3 Å². The first kappa shape index (κ1) is 17.2. The van der Waals surface area contributed by atoms with E-state index in [9.17, 15) is 0 Å². The molecule has 0 bridgehead atoms. The highest BCUT2D eigenvalue weighted by Crippen LogP contribution is 2.29. The number of halogens is 1. The third kappa shape index (κ3) is 6.92. The average molecular weight is 346 g/mol. The number of thiophene rings is 1. The lowest BCUT2D eigenvalue weighted by molar-refractivity contribution is 0.275. The second-order valence-electron chi connectivity index (χ2n) is 6.76. The molecular formula is C16H28BrNS. The standard InChI is InChI=1S/C16H28BrNS/c1-6-18-13(9-12(2)11-16(3,4)5)10-15-14(17)7-8-19-15/h7-8,12-13,18H,6,9-11H2,1-5H3. The Morgan fingerprint density at radius 1 is 1.37 bits per heavy atom. The summed E-state index contributed by atoms with van der Waals surface area (Å²) in [6.45, 7) is 12.6.